The fourth-order valence-corrected chi connectivity index (χ4v) is 8.37. The number of amides is 2. The van der Waals surface area contributed by atoms with E-state index in [1.165, 1.54) is 24.3 Å². The minimum atomic E-state index is -0.514. The van der Waals surface area contributed by atoms with Gasteiger partial charge in [0.15, 0.2) is 0 Å². The molecule has 6 rings (SSSR count). The van der Waals surface area contributed by atoms with Crippen LogP contribution in [0.15, 0.2) is 36.4 Å². The highest BCUT2D eigenvalue weighted by Crippen LogP contribution is 2.35. The zero-order valence-corrected chi connectivity index (χ0v) is 35.5. The van der Waals surface area contributed by atoms with Crippen molar-refractivity contribution in [1.82, 2.24) is 19.6 Å². The predicted octanol–water partition coefficient (Wildman–Crippen LogP) is 7.69. The summed E-state index contributed by atoms with van der Waals surface area (Å²) in [5.74, 6) is -0.781. The number of nitro groups is 1. The van der Waals surface area contributed by atoms with Crippen molar-refractivity contribution < 1.29 is 32.8 Å². The average Bonchev–Trinajstić information content (AvgIpc) is 3.74. The minimum Gasteiger partial charge on any atom is -0.444 e. The van der Waals surface area contributed by atoms with Crippen molar-refractivity contribution >= 4 is 34.9 Å². The van der Waals surface area contributed by atoms with E-state index in [4.69, 9.17) is 15.2 Å². The number of halogens is 2. The van der Waals surface area contributed by atoms with Crippen LogP contribution in [0, 0.1) is 21.7 Å². The molecule has 0 saturated carbocycles. The molecule has 0 aliphatic carbocycles. The van der Waals surface area contributed by atoms with Gasteiger partial charge < -0.3 is 35.6 Å². The van der Waals surface area contributed by atoms with Crippen molar-refractivity contribution in [2.45, 2.75) is 128 Å². The van der Waals surface area contributed by atoms with Gasteiger partial charge in [0.1, 0.15) is 28.5 Å². The number of rotatable bonds is 7. The Morgan fingerprint density at radius 1 is 0.724 bits per heavy atom. The van der Waals surface area contributed by atoms with Crippen molar-refractivity contribution in [2.24, 2.45) is 0 Å². The summed E-state index contributed by atoms with van der Waals surface area (Å²) in [6.45, 7) is 21.8. The Balaban J connectivity index is 0.000000221. The van der Waals surface area contributed by atoms with Crippen LogP contribution in [0.3, 0.4) is 0 Å². The van der Waals surface area contributed by atoms with Crippen molar-refractivity contribution in [3.63, 3.8) is 0 Å². The fraction of sp³-hybridized carbons (Fsp3) is 0.667. The van der Waals surface area contributed by atoms with Gasteiger partial charge in [-0.05, 0) is 118 Å². The highest BCUT2D eigenvalue weighted by molar-refractivity contribution is 5.69. The van der Waals surface area contributed by atoms with E-state index in [0.29, 0.717) is 31.0 Å². The fourth-order valence-electron chi connectivity index (χ4n) is 8.37. The lowest BCUT2D eigenvalue weighted by atomic mass is 9.94. The van der Waals surface area contributed by atoms with Gasteiger partial charge in [-0.1, -0.05) is 0 Å². The number of nitro benzene ring substituents is 1. The first-order valence-electron chi connectivity index (χ1n) is 20.5. The SMILES string of the molecule is CC(C)(C)OC(=O)N1CCC(C)(N2CCC(Nc3cc(F)ccc3N)CC2)C1.CC(C)(C)OC(=O)N1CCC(C)(N2CCC(Nc3cc(F)ccc3[N+](=O)[O-])CC2)C1. The van der Waals surface area contributed by atoms with E-state index < -0.39 is 21.9 Å². The van der Waals surface area contributed by atoms with Crippen LogP contribution in [-0.4, -0.2) is 123 Å². The monoisotopic (exact) mass is 814 g/mol. The molecule has 2 amide bonds. The Morgan fingerprint density at radius 2 is 1.12 bits per heavy atom. The molecule has 4 aliphatic rings. The standard InChI is InChI=1S/C21H31FN4O4.C21H33FN4O2/c1-20(2,3)30-19(27)24-12-9-21(4,14-24)25-10-7-16(8-11-25)23-17-13-15(22)5-6-18(17)26(28)29;1-20(2,3)28-19(27)25-12-9-21(4,14-25)26-10-7-16(8-11-26)24-18-13-15(22)5-6-17(18)23/h5-6,13,16,23H,7-12,14H2,1-4H3;5-6,13,16,24H,7-12,14,23H2,1-4H3. The van der Waals surface area contributed by atoms with E-state index in [1.807, 2.05) is 46.4 Å². The molecule has 2 atom stereocenters. The molecule has 0 spiro atoms. The van der Waals surface area contributed by atoms with Gasteiger partial charge in [-0.25, -0.2) is 18.4 Å². The molecule has 58 heavy (non-hydrogen) atoms. The zero-order valence-electron chi connectivity index (χ0n) is 35.5. The smallest absolute Gasteiger partial charge is 0.410 e. The highest BCUT2D eigenvalue weighted by Gasteiger charge is 2.44. The molecule has 0 radical (unpaired) electrons. The summed E-state index contributed by atoms with van der Waals surface area (Å²) in [7, 11) is 0. The van der Waals surface area contributed by atoms with E-state index in [1.54, 1.807) is 11.0 Å². The molecule has 4 aliphatic heterocycles. The molecule has 4 fully saturated rings. The quantitative estimate of drug-likeness (QED) is 0.143. The second-order valence-electron chi connectivity index (χ2n) is 18.8. The summed E-state index contributed by atoms with van der Waals surface area (Å²) in [6, 6.07) is 8.21. The number of piperidine rings is 2. The van der Waals surface area contributed by atoms with Gasteiger partial charge in [-0.3, -0.25) is 19.9 Å². The third-order valence-corrected chi connectivity index (χ3v) is 11.6. The Labute approximate surface area is 341 Å². The molecule has 14 nitrogen and oxygen atoms in total. The Morgan fingerprint density at radius 3 is 1.53 bits per heavy atom. The molecule has 2 aromatic carbocycles. The van der Waals surface area contributed by atoms with E-state index in [2.05, 4.69) is 34.3 Å². The van der Waals surface area contributed by atoms with Crippen LogP contribution in [0.2, 0.25) is 0 Å². The van der Waals surface area contributed by atoms with E-state index in [0.717, 1.165) is 77.3 Å². The van der Waals surface area contributed by atoms with Crippen LogP contribution in [0.5, 0.6) is 0 Å². The number of likely N-dealkylation sites (tertiary alicyclic amines) is 4. The van der Waals surface area contributed by atoms with Gasteiger partial charge >= 0.3 is 12.2 Å². The molecule has 4 heterocycles. The van der Waals surface area contributed by atoms with Gasteiger partial charge in [0.25, 0.3) is 5.69 Å². The van der Waals surface area contributed by atoms with Crippen molar-refractivity contribution in [2.75, 3.05) is 68.7 Å². The van der Waals surface area contributed by atoms with Gasteiger partial charge in [0, 0.05) is 87.7 Å². The number of carbonyl (C=O) groups is 2. The first-order valence-corrected chi connectivity index (χ1v) is 20.5. The molecule has 2 aromatic rings. The number of nitrogens with zero attached hydrogens (tertiary/aromatic N) is 5. The summed E-state index contributed by atoms with van der Waals surface area (Å²) >= 11 is 0. The summed E-state index contributed by atoms with van der Waals surface area (Å²) in [5.41, 5.74) is 6.16. The van der Waals surface area contributed by atoms with E-state index in [-0.39, 0.29) is 52.5 Å². The number of ether oxygens (including phenoxy) is 2. The molecule has 2 unspecified atom stereocenters. The first-order chi connectivity index (χ1) is 27.0. The lowest BCUT2D eigenvalue weighted by molar-refractivity contribution is -0.384. The third-order valence-electron chi connectivity index (χ3n) is 11.6. The number of carbonyl (C=O) groups excluding carboxylic acids is 2. The lowest BCUT2D eigenvalue weighted by Crippen LogP contribution is -2.53. The van der Waals surface area contributed by atoms with Crippen molar-refractivity contribution in [3.05, 3.63) is 58.1 Å². The van der Waals surface area contributed by atoms with Crippen molar-refractivity contribution in [1.29, 1.82) is 0 Å². The van der Waals surface area contributed by atoms with Crippen LogP contribution in [0.4, 0.5) is 41.1 Å². The van der Waals surface area contributed by atoms with Crippen LogP contribution in [0.25, 0.3) is 0 Å². The van der Waals surface area contributed by atoms with E-state index in [9.17, 15) is 28.5 Å². The number of nitrogen functional groups attached to an aromatic ring is 1. The van der Waals surface area contributed by atoms with Gasteiger partial charge in [0.2, 0.25) is 0 Å². The lowest BCUT2D eigenvalue weighted by Gasteiger charge is -2.43. The Hall–Kier alpha value is -4.44. The molecule has 4 N–H and O–H groups in total. The summed E-state index contributed by atoms with van der Waals surface area (Å²) in [6.07, 6.45) is 4.80. The number of nitrogens with one attached hydrogen (secondary N) is 2. The van der Waals surface area contributed by atoms with Gasteiger partial charge in [0.05, 0.1) is 16.3 Å². The maximum Gasteiger partial charge on any atom is 0.410 e. The third kappa shape index (κ3) is 11.8. The Kier molecular flexibility index (Phi) is 13.7. The average molecular weight is 815 g/mol. The minimum absolute atomic E-state index is 0.0280. The van der Waals surface area contributed by atoms with E-state index >= 15 is 0 Å². The van der Waals surface area contributed by atoms with Gasteiger partial charge in [-0.2, -0.15) is 0 Å². The summed E-state index contributed by atoms with van der Waals surface area (Å²) in [4.78, 5) is 43.9. The molecular formula is C42H64F2N8O6. The zero-order chi connectivity index (χ0) is 42.6. The Bertz CT molecular complexity index is 1770. The summed E-state index contributed by atoms with van der Waals surface area (Å²) < 4.78 is 38.1. The molecule has 0 bridgehead atoms. The van der Waals surface area contributed by atoms with Gasteiger partial charge in [-0.15, -0.1) is 0 Å². The second-order valence-corrected chi connectivity index (χ2v) is 18.8. The largest absolute Gasteiger partial charge is 0.444 e. The maximum atomic E-state index is 13.6. The molecule has 0 aromatic heterocycles. The molecule has 4 saturated heterocycles. The number of anilines is 3. The number of hydrogen-bond acceptors (Lipinski definition) is 11. The van der Waals surface area contributed by atoms with Crippen molar-refractivity contribution in [3.8, 4) is 0 Å². The highest BCUT2D eigenvalue weighted by atomic mass is 19.1. The molecule has 322 valence electrons. The molecule has 16 heteroatoms. The number of hydrogen-bond donors (Lipinski definition) is 3. The number of nitrogens with two attached hydrogens (primary N) is 1. The predicted molar refractivity (Wildman–Crippen MR) is 222 cm³/mol. The second kappa shape index (κ2) is 17.8. The van der Waals surface area contributed by atoms with Crippen LogP contribution < -0.4 is 16.4 Å². The van der Waals surface area contributed by atoms with Crippen LogP contribution in [0.1, 0.15) is 93.9 Å². The van der Waals surface area contributed by atoms with Crippen LogP contribution >= 0.6 is 0 Å². The number of benzene rings is 2. The summed E-state index contributed by atoms with van der Waals surface area (Å²) in [5, 5.41) is 17.8. The first kappa shape index (κ1) is 44.7. The molecular weight excluding hydrogens is 751 g/mol. The topological polar surface area (TPSA) is 159 Å². The van der Waals surface area contributed by atoms with Crippen LogP contribution in [-0.2, 0) is 9.47 Å². The maximum absolute atomic E-state index is 13.6. The normalized spacial score (nSPS) is 23.9.